The van der Waals surface area contributed by atoms with Gasteiger partial charge in [0.05, 0.1) is 0 Å². The predicted octanol–water partition coefficient (Wildman–Crippen LogP) is 3.08. The van der Waals surface area contributed by atoms with E-state index in [9.17, 15) is 56.8 Å². The molecule has 0 saturated carbocycles. The van der Waals surface area contributed by atoms with E-state index in [1.807, 2.05) is 0 Å². The van der Waals surface area contributed by atoms with Crippen molar-refractivity contribution in [2.75, 3.05) is 0 Å². The number of halogens is 11. The first-order valence-corrected chi connectivity index (χ1v) is 5.31. The lowest BCUT2D eigenvalue weighted by atomic mass is 10.3. The number of hydrogen-bond donors (Lipinski definition) is 0. The van der Waals surface area contributed by atoms with Crippen molar-refractivity contribution in [3.05, 3.63) is 6.43 Å². The molecule has 0 spiro atoms. The molecule has 0 N–H and O–H groups in total. The number of hydrogen-bond acceptors (Lipinski definition) is 4. The van der Waals surface area contributed by atoms with Gasteiger partial charge in [0, 0.05) is 0 Å². The van der Waals surface area contributed by atoms with E-state index >= 15 is 0 Å². The van der Waals surface area contributed by atoms with Crippen molar-refractivity contribution in [1.29, 1.82) is 0 Å². The van der Waals surface area contributed by atoms with E-state index < -0.39 is 39.9 Å². The summed E-state index contributed by atoms with van der Waals surface area (Å²) < 4.78 is 156. The molecule has 0 aliphatic carbocycles. The molecule has 0 heterocycles. The monoisotopic (exact) mass is 365 g/mol. The van der Waals surface area contributed by atoms with E-state index in [-0.39, 0.29) is 0 Å². The van der Waals surface area contributed by atoms with Gasteiger partial charge in [-0.15, -0.1) is 0 Å². The van der Waals surface area contributed by atoms with Crippen LogP contribution < -0.4 is 0 Å². The van der Waals surface area contributed by atoms with Crippen LogP contribution in [0.25, 0.3) is 0 Å². The first-order valence-electron chi connectivity index (χ1n) is 3.91. The third kappa shape index (κ3) is 3.31. The molecule has 0 aromatic carbocycles. The molecule has 0 aromatic rings. The van der Waals surface area contributed by atoms with Gasteiger partial charge in [0.15, 0.2) is 0 Å². The Morgan fingerprint density at radius 2 is 1.24 bits per heavy atom. The van der Waals surface area contributed by atoms with E-state index in [1.165, 1.54) is 4.39 Å². The summed E-state index contributed by atoms with van der Waals surface area (Å²) in [4.78, 5) is 0. The highest BCUT2D eigenvalue weighted by atomic mass is 32.2. The van der Waals surface area contributed by atoms with Gasteiger partial charge in [0.2, 0.25) is 0 Å². The van der Waals surface area contributed by atoms with Gasteiger partial charge in [-0.2, -0.15) is 52.3 Å². The van der Waals surface area contributed by atoms with Crippen LogP contribution in [0, 0.1) is 6.43 Å². The molecule has 0 saturated heterocycles. The zero-order valence-corrected chi connectivity index (χ0v) is 9.52. The van der Waals surface area contributed by atoms with Crippen LogP contribution in [0.5, 0.6) is 0 Å². The summed E-state index contributed by atoms with van der Waals surface area (Å²) in [7, 11) is -7.26. The maximum atomic E-state index is 12.7. The van der Waals surface area contributed by atoms with Crippen molar-refractivity contribution in [3.8, 4) is 0 Å². The predicted molar refractivity (Wildman–Crippen MR) is 37.4 cm³/mol. The normalized spacial score (nSPS) is 17.9. The van der Waals surface area contributed by atoms with Gasteiger partial charge in [0.25, 0.3) is 0 Å². The second kappa shape index (κ2) is 5.38. The van der Waals surface area contributed by atoms with Crippen LogP contribution in [0.3, 0.4) is 0 Å². The fourth-order valence-electron chi connectivity index (χ4n) is 0.625. The Morgan fingerprint density at radius 1 is 0.857 bits per heavy atom. The molecule has 0 fully saturated rings. The number of rotatable bonds is 6. The Kier molecular flexibility index (Phi) is 5.15. The minimum absolute atomic E-state index is 1.41. The summed E-state index contributed by atoms with van der Waals surface area (Å²) in [6.07, 6.45) is -18.7. The molecular weight excluding hydrogens is 365 g/mol. The Hall–Kier alpha value is -0.900. The Morgan fingerprint density at radius 3 is 1.48 bits per heavy atom. The first-order chi connectivity index (χ1) is 8.96. The second-order valence-electron chi connectivity index (χ2n) is 3.01. The average Bonchev–Trinajstić information content (AvgIpc) is 2.25. The third-order valence-electron chi connectivity index (χ3n) is 1.61. The highest BCUT2D eigenvalue weighted by molar-refractivity contribution is 7.87. The zero-order chi connectivity index (χ0) is 17.5. The van der Waals surface area contributed by atoms with Crippen molar-refractivity contribution in [2.45, 2.75) is 23.4 Å². The Bertz CT molecular complexity index is 469. The number of ether oxygens (including phenoxy) is 1. The average molecular weight is 365 g/mol. The molecule has 0 aliphatic rings. The van der Waals surface area contributed by atoms with Crippen LogP contribution in [0.4, 0.5) is 48.4 Å². The largest absolute Gasteiger partial charge is 0.462 e. The molecule has 1 unspecified atom stereocenters. The van der Waals surface area contributed by atoms with E-state index in [2.05, 4.69) is 0 Å². The molecule has 0 amide bonds. The van der Waals surface area contributed by atoms with Crippen LogP contribution in [0.2, 0.25) is 0 Å². The van der Waals surface area contributed by atoms with Crippen LogP contribution in [-0.4, -0.2) is 31.8 Å². The zero-order valence-electron chi connectivity index (χ0n) is 8.70. The molecule has 0 bridgehead atoms. The minimum atomic E-state index is -7.26. The third-order valence-corrected chi connectivity index (χ3v) is 2.64. The lowest BCUT2D eigenvalue weighted by molar-refractivity contribution is -0.443. The second-order valence-corrected chi connectivity index (χ2v) is 4.55. The highest BCUT2D eigenvalue weighted by Crippen LogP contribution is 2.51. The fourth-order valence-corrected chi connectivity index (χ4v) is 1.04. The van der Waals surface area contributed by atoms with Crippen molar-refractivity contribution in [1.82, 2.24) is 0 Å². The van der Waals surface area contributed by atoms with Gasteiger partial charge in [-0.05, 0) is 4.53 Å². The fraction of sp³-hybridized carbons (Fsp3) is 0.800. The summed E-state index contributed by atoms with van der Waals surface area (Å²) in [5.74, 6) is -6.74. The summed E-state index contributed by atoms with van der Waals surface area (Å²) in [6, 6.07) is 0. The molecule has 127 valence electrons. The standard InChI is InChI=1S/C5F11O4S/c6-1(7)2(8,3(9,10)11)19-4(12,13)5(14,15)21(17,18)20-16. The molecule has 1 radical (unpaired) electrons. The van der Waals surface area contributed by atoms with Gasteiger partial charge in [-0.25, -0.2) is 0 Å². The summed E-state index contributed by atoms with van der Waals surface area (Å²) in [6.45, 7) is 0. The minimum Gasteiger partial charge on any atom is -0.264 e. The molecule has 21 heavy (non-hydrogen) atoms. The Balaban J connectivity index is 5.86. The van der Waals surface area contributed by atoms with Crippen molar-refractivity contribution in [2.24, 2.45) is 0 Å². The molecule has 0 aromatic heterocycles. The van der Waals surface area contributed by atoms with E-state index in [4.69, 9.17) is 0 Å². The van der Waals surface area contributed by atoms with Crippen molar-refractivity contribution < 1.29 is 66.0 Å². The maximum absolute atomic E-state index is 12.7. The van der Waals surface area contributed by atoms with Crippen LogP contribution in [-0.2, 0) is 19.2 Å². The SMILES string of the molecule is O=S(=O)(OF)C(F)(F)C(F)(F)OC(F)([C](F)F)C(F)(F)F. The lowest BCUT2D eigenvalue weighted by Crippen LogP contribution is -2.57. The smallest absolute Gasteiger partial charge is 0.264 e. The molecule has 0 rings (SSSR count). The van der Waals surface area contributed by atoms with Crippen LogP contribution in [0.15, 0.2) is 0 Å². The summed E-state index contributed by atoms with van der Waals surface area (Å²) in [5.41, 5.74) is 0. The number of alkyl halides is 8. The van der Waals surface area contributed by atoms with Crippen molar-refractivity contribution >= 4 is 10.1 Å². The summed E-state index contributed by atoms with van der Waals surface area (Å²) in [5, 5.41) is -6.97. The van der Waals surface area contributed by atoms with Crippen molar-refractivity contribution in [3.63, 3.8) is 0 Å². The van der Waals surface area contributed by atoms with Gasteiger partial charge >= 0.3 is 39.9 Å². The Labute approximate surface area is 107 Å². The van der Waals surface area contributed by atoms with Crippen LogP contribution in [0.1, 0.15) is 0 Å². The van der Waals surface area contributed by atoms with E-state index in [0.29, 0.717) is 0 Å². The molecular formula is C5F11O4S. The first kappa shape index (κ1) is 20.1. The molecule has 16 heteroatoms. The van der Waals surface area contributed by atoms with Crippen LogP contribution >= 0.6 is 0 Å². The van der Waals surface area contributed by atoms with E-state index in [0.717, 1.165) is 0 Å². The molecule has 0 aliphatic heterocycles. The quantitative estimate of drug-likeness (QED) is 0.679. The molecule has 1 atom stereocenters. The summed E-state index contributed by atoms with van der Waals surface area (Å²) >= 11 is 0. The van der Waals surface area contributed by atoms with E-state index in [1.54, 1.807) is 4.74 Å². The highest BCUT2D eigenvalue weighted by Gasteiger charge is 2.77. The van der Waals surface area contributed by atoms with Gasteiger partial charge in [-0.3, -0.25) is 4.74 Å². The maximum Gasteiger partial charge on any atom is 0.462 e. The van der Waals surface area contributed by atoms with Gasteiger partial charge in [0.1, 0.15) is 0 Å². The lowest BCUT2D eigenvalue weighted by Gasteiger charge is -2.31. The van der Waals surface area contributed by atoms with Gasteiger partial charge in [-0.1, -0.05) is 4.39 Å². The topological polar surface area (TPSA) is 52.6 Å². The van der Waals surface area contributed by atoms with Gasteiger partial charge < -0.3 is 0 Å². The molecule has 4 nitrogen and oxygen atoms in total.